The Morgan fingerprint density at radius 3 is 2.66 bits per heavy atom. The maximum Gasteiger partial charge on any atom is 0.313 e. The molecule has 0 spiro atoms. The highest BCUT2D eigenvalue weighted by atomic mass is 32.1. The number of carbonyl (C=O) groups is 2. The fraction of sp³-hybridized carbons (Fsp3) is 0.280. The number of nitrogens with one attached hydrogen (secondary N) is 2. The minimum absolute atomic E-state index is 0.00797. The number of ether oxygens (including phenoxy) is 1. The lowest BCUT2D eigenvalue weighted by molar-refractivity contribution is -0.136. The van der Waals surface area contributed by atoms with E-state index in [1.165, 1.54) is 23.1 Å². The van der Waals surface area contributed by atoms with Gasteiger partial charge in [0.05, 0.1) is 18.8 Å². The number of aryl methyl sites for hydroxylation is 1. The van der Waals surface area contributed by atoms with Gasteiger partial charge in [0, 0.05) is 24.5 Å². The molecule has 0 aliphatic carbocycles. The second kappa shape index (κ2) is 9.97. The van der Waals surface area contributed by atoms with Gasteiger partial charge >= 0.3 is 11.8 Å². The van der Waals surface area contributed by atoms with Gasteiger partial charge in [-0.2, -0.15) is 0 Å². The van der Waals surface area contributed by atoms with Gasteiger partial charge < -0.3 is 15.4 Å². The number of nitrogens with zero attached hydrogens (tertiary/aromatic N) is 1. The summed E-state index contributed by atoms with van der Waals surface area (Å²) in [7, 11) is 1.53. The van der Waals surface area contributed by atoms with Crippen molar-refractivity contribution < 1.29 is 14.3 Å². The summed E-state index contributed by atoms with van der Waals surface area (Å²) in [4.78, 5) is 28.7. The molecular formula is C25H27N3O3S. The summed E-state index contributed by atoms with van der Waals surface area (Å²) >= 11 is 1.67. The smallest absolute Gasteiger partial charge is 0.313 e. The van der Waals surface area contributed by atoms with Crippen molar-refractivity contribution in [1.29, 1.82) is 0 Å². The van der Waals surface area contributed by atoms with Crippen LogP contribution in [0, 0.1) is 6.92 Å². The number of anilines is 1. The molecule has 1 aliphatic heterocycles. The van der Waals surface area contributed by atoms with Gasteiger partial charge in [-0.1, -0.05) is 36.4 Å². The van der Waals surface area contributed by atoms with E-state index < -0.39 is 11.8 Å². The number of fused-ring (bicyclic) bond motifs is 1. The molecule has 166 valence electrons. The topological polar surface area (TPSA) is 70.7 Å². The van der Waals surface area contributed by atoms with Crippen molar-refractivity contribution >= 4 is 28.8 Å². The van der Waals surface area contributed by atoms with Crippen LogP contribution in [0.25, 0.3) is 0 Å². The van der Waals surface area contributed by atoms with E-state index in [9.17, 15) is 9.59 Å². The first kappa shape index (κ1) is 22.0. The molecule has 1 atom stereocenters. The van der Waals surface area contributed by atoms with E-state index in [2.05, 4.69) is 45.9 Å². The molecule has 1 aliphatic rings. The number of amides is 2. The van der Waals surface area contributed by atoms with Crippen LogP contribution in [0.2, 0.25) is 0 Å². The number of rotatable bonds is 6. The lowest BCUT2D eigenvalue weighted by Gasteiger charge is -2.35. The van der Waals surface area contributed by atoms with E-state index in [4.69, 9.17) is 4.74 Å². The Hall–Kier alpha value is -3.16. The highest BCUT2D eigenvalue weighted by Gasteiger charge is 2.27. The van der Waals surface area contributed by atoms with Crippen LogP contribution >= 0.6 is 11.3 Å². The first-order valence-corrected chi connectivity index (χ1v) is 11.5. The summed E-state index contributed by atoms with van der Waals surface area (Å²) in [6, 6.07) is 18.0. The Labute approximate surface area is 192 Å². The average Bonchev–Trinajstić information content (AvgIpc) is 3.33. The molecule has 0 saturated heterocycles. The number of methoxy groups -OCH3 is 1. The molecule has 4 rings (SSSR count). The van der Waals surface area contributed by atoms with Crippen LogP contribution < -0.4 is 15.4 Å². The van der Waals surface area contributed by atoms with Crippen molar-refractivity contribution in [2.45, 2.75) is 25.9 Å². The molecule has 2 aromatic carbocycles. The van der Waals surface area contributed by atoms with E-state index in [0.717, 1.165) is 25.1 Å². The largest absolute Gasteiger partial charge is 0.495 e. The fourth-order valence-corrected chi connectivity index (χ4v) is 4.90. The quantitative estimate of drug-likeness (QED) is 0.560. The van der Waals surface area contributed by atoms with E-state index in [-0.39, 0.29) is 6.04 Å². The molecule has 0 radical (unpaired) electrons. The van der Waals surface area contributed by atoms with Crippen molar-refractivity contribution in [2.24, 2.45) is 0 Å². The highest BCUT2D eigenvalue weighted by molar-refractivity contribution is 7.10. The Morgan fingerprint density at radius 2 is 1.91 bits per heavy atom. The van der Waals surface area contributed by atoms with E-state index in [1.807, 2.05) is 24.4 Å². The van der Waals surface area contributed by atoms with Crippen LogP contribution in [0.4, 0.5) is 5.69 Å². The normalized spacial score (nSPS) is 14.3. The third-order valence-electron chi connectivity index (χ3n) is 5.74. The predicted octanol–water partition coefficient (Wildman–Crippen LogP) is 3.92. The van der Waals surface area contributed by atoms with Crippen LogP contribution in [-0.2, 0) is 22.6 Å². The summed E-state index contributed by atoms with van der Waals surface area (Å²) in [5.41, 5.74) is 4.14. The molecule has 7 heteroatoms. The predicted molar refractivity (Wildman–Crippen MR) is 127 cm³/mol. The lowest BCUT2D eigenvalue weighted by atomic mass is 9.98. The maximum atomic E-state index is 12.6. The third-order valence-corrected chi connectivity index (χ3v) is 6.71. The van der Waals surface area contributed by atoms with Crippen LogP contribution in [0.15, 0.2) is 60.0 Å². The number of benzene rings is 2. The van der Waals surface area contributed by atoms with Gasteiger partial charge in [0.25, 0.3) is 0 Å². The van der Waals surface area contributed by atoms with Gasteiger partial charge in [-0.3, -0.25) is 14.5 Å². The van der Waals surface area contributed by atoms with E-state index >= 15 is 0 Å². The average molecular weight is 450 g/mol. The molecule has 6 nitrogen and oxygen atoms in total. The first-order chi connectivity index (χ1) is 15.5. The zero-order chi connectivity index (χ0) is 22.5. The molecule has 2 N–H and O–H groups in total. The number of hydrogen-bond donors (Lipinski definition) is 2. The fourth-order valence-electron chi connectivity index (χ4n) is 4.04. The van der Waals surface area contributed by atoms with Gasteiger partial charge in [-0.15, -0.1) is 11.3 Å². The minimum atomic E-state index is -0.706. The van der Waals surface area contributed by atoms with Crippen LogP contribution in [-0.4, -0.2) is 36.9 Å². The SMILES string of the molecule is COc1ccc(C)cc1NC(=O)C(=O)NCC(c1cccs1)N1CCc2ccccc2C1. The first-order valence-electron chi connectivity index (χ1n) is 10.6. The zero-order valence-electron chi connectivity index (χ0n) is 18.3. The molecule has 2 heterocycles. The number of hydrogen-bond acceptors (Lipinski definition) is 5. The van der Waals surface area contributed by atoms with Crippen molar-refractivity contribution in [2.75, 3.05) is 25.5 Å². The molecule has 2 amide bonds. The standard InChI is InChI=1S/C25H27N3O3S/c1-17-9-10-22(31-2)20(14-17)27-25(30)24(29)26-15-21(23-8-5-13-32-23)28-12-11-18-6-3-4-7-19(18)16-28/h3-10,13-14,21H,11-12,15-16H2,1-2H3,(H,26,29)(H,27,30). The Bertz CT molecular complexity index is 1100. The zero-order valence-corrected chi connectivity index (χ0v) is 19.1. The summed E-state index contributed by atoms with van der Waals surface area (Å²) in [6.45, 7) is 4.00. The molecule has 0 bridgehead atoms. The molecule has 1 aromatic heterocycles. The van der Waals surface area contributed by atoms with Crippen molar-refractivity contribution in [3.8, 4) is 5.75 Å². The lowest BCUT2D eigenvalue weighted by Crippen LogP contribution is -2.43. The molecule has 32 heavy (non-hydrogen) atoms. The molecular weight excluding hydrogens is 422 g/mol. The molecule has 0 fully saturated rings. The second-order valence-electron chi connectivity index (χ2n) is 7.89. The van der Waals surface area contributed by atoms with Gasteiger partial charge in [0.1, 0.15) is 5.75 Å². The van der Waals surface area contributed by atoms with Crippen molar-refractivity contribution in [3.63, 3.8) is 0 Å². The van der Waals surface area contributed by atoms with E-state index in [1.54, 1.807) is 23.5 Å². The minimum Gasteiger partial charge on any atom is -0.495 e. The second-order valence-corrected chi connectivity index (χ2v) is 8.87. The van der Waals surface area contributed by atoms with E-state index in [0.29, 0.717) is 18.0 Å². The summed E-state index contributed by atoms with van der Waals surface area (Å²) < 4.78 is 5.28. The molecule has 1 unspecified atom stereocenters. The van der Waals surface area contributed by atoms with Gasteiger partial charge in [0.15, 0.2) is 0 Å². The Morgan fingerprint density at radius 1 is 1.09 bits per heavy atom. The Balaban J connectivity index is 1.43. The number of carbonyl (C=O) groups excluding carboxylic acids is 2. The van der Waals surface area contributed by atoms with Crippen molar-refractivity contribution in [1.82, 2.24) is 10.2 Å². The maximum absolute atomic E-state index is 12.6. The summed E-state index contributed by atoms with van der Waals surface area (Å²) in [5, 5.41) is 7.54. The van der Waals surface area contributed by atoms with Gasteiger partial charge in [-0.25, -0.2) is 0 Å². The molecule has 0 saturated carbocycles. The third kappa shape index (κ3) is 5.00. The van der Waals surface area contributed by atoms with Gasteiger partial charge in [0.2, 0.25) is 0 Å². The Kier molecular flexibility index (Phi) is 6.87. The summed E-state index contributed by atoms with van der Waals surface area (Å²) in [5.74, 6) is -0.851. The van der Waals surface area contributed by atoms with Gasteiger partial charge in [-0.05, 0) is 53.6 Å². The number of thiophene rings is 1. The van der Waals surface area contributed by atoms with Crippen LogP contribution in [0.1, 0.15) is 27.6 Å². The van der Waals surface area contributed by atoms with Crippen LogP contribution in [0.5, 0.6) is 5.75 Å². The highest BCUT2D eigenvalue weighted by Crippen LogP contribution is 2.30. The van der Waals surface area contributed by atoms with Crippen LogP contribution in [0.3, 0.4) is 0 Å². The molecule has 3 aromatic rings. The van der Waals surface area contributed by atoms with Crippen molar-refractivity contribution in [3.05, 3.63) is 81.5 Å². The summed E-state index contributed by atoms with van der Waals surface area (Å²) in [6.07, 6.45) is 0.972. The monoisotopic (exact) mass is 449 g/mol.